The minimum absolute atomic E-state index is 0.134. The van der Waals surface area contributed by atoms with E-state index in [0.29, 0.717) is 12.0 Å². The average Bonchev–Trinajstić information content (AvgIpc) is 3.58. The molecule has 0 bridgehead atoms. The van der Waals surface area contributed by atoms with Crippen LogP contribution in [0.25, 0.3) is 0 Å². The Balaban J connectivity index is 1.21. The molecular formula is C27H28N2O4S. The van der Waals surface area contributed by atoms with Crippen LogP contribution < -0.4 is 4.72 Å². The Morgan fingerprint density at radius 2 is 1.56 bits per heavy atom. The van der Waals surface area contributed by atoms with Crippen molar-refractivity contribution < 1.29 is 18.0 Å². The molecule has 1 amide bonds. The molecule has 1 heterocycles. The molecule has 0 radical (unpaired) electrons. The smallest absolute Gasteiger partial charge is 0.289 e. The van der Waals surface area contributed by atoms with Gasteiger partial charge in [-0.25, -0.2) is 8.69 Å². The Bertz CT molecular complexity index is 1320. The van der Waals surface area contributed by atoms with Crippen molar-refractivity contribution in [2.24, 2.45) is 0 Å². The molecule has 0 saturated carbocycles. The quantitative estimate of drug-likeness (QED) is 0.499. The van der Waals surface area contributed by atoms with Gasteiger partial charge in [0, 0.05) is 29.9 Å². The zero-order chi connectivity index (χ0) is 23.7. The van der Waals surface area contributed by atoms with Gasteiger partial charge in [0.25, 0.3) is 0 Å². The fraction of sp³-hybridized carbons (Fsp3) is 0.333. The number of aromatic nitrogens is 1. The SMILES string of the molecule is O=C(CCCc1c2c(cc3c1CCC3)CCC2)NS(=O)(=O)n1ccc(C(=O)c2ccccc2)c1. The van der Waals surface area contributed by atoms with Crippen LogP contribution in [0.3, 0.4) is 0 Å². The number of nitrogens with zero attached hydrogens (tertiary/aromatic N) is 1. The lowest BCUT2D eigenvalue weighted by Gasteiger charge is -2.15. The standard InChI is InChI=1S/C27H28N2O4S/c30-26(14-6-13-25-23-11-4-9-20(23)17-21-10-5-12-24(21)25)28-34(32,33)29-16-15-22(18-29)27(31)19-7-2-1-3-8-19/h1-3,7-8,15-18H,4-6,9-14H2,(H,28,30). The maximum Gasteiger partial charge on any atom is 0.329 e. The molecule has 176 valence electrons. The van der Waals surface area contributed by atoms with Gasteiger partial charge in [-0.3, -0.25) is 9.59 Å². The summed E-state index contributed by atoms with van der Waals surface area (Å²) in [5.74, 6) is -0.808. The maximum absolute atomic E-state index is 12.7. The topological polar surface area (TPSA) is 85.2 Å². The van der Waals surface area contributed by atoms with E-state index in [4.69, 9.17) is 0 Å². The Hall–Kier alpha value is -3.19. The van der Waals surface area contributed by atoms with Gasteiger partial charge in [-0.1, -0.05) is 36.4 Å². The lowest BCUT2D eigenvalue weighted by atomic mass is 9.91. The molecule has 1 N–H and O–H groups in total. The number of benzene rings is 2. The summed E-state index contributed by atoms with van der Waals surface area (Å²) in [6.45, 7) is 0. The summed E-state index contributed by atoms with van der Waals surface area (Å²) in [6, 6.07) is 12.5. The van der Waals surface area contributed by atoms with E-state index in [0.717, 1.165) is 36.1 Å². The van der Waals surface area contributed by atoms with E-state index in [1.165, 1.54) is 59.1 Å². The molecule has 2 aliphatic carbocycles. The second kappa shape index (κ2) is 9.22. The predicted octanol–water partition coefficient (Wildman–Crippen LogP) is 3.93. The lowest BCUT2D eigenvalue weighted by Crippen LogP contribution is -2.34. The summed E-state index contributed by atoms with van der Waals surface area (Å²) in [5.41, 5.74) is 8.00. The van der Waals surface area contributed by atoms with E-state index in [2.05, 4.69) is 10.8 Å². The second-order valence-corrected chi connectivity index (χ2v) is 10.7. The van der Waals surface area contributed by atoms with Crippen LogP contribution in [0.1, 0.15) is 69.4 Å². The lowest BCUT2D eigenvalue weighted by molar-refractivity contribution is -0.119. The fourth-order valence-corrected chi connectivity index (χ4v) is 6.30. The van der Waals surface area contributed by atoms with Crippen LogP contribution in [-0.4, -0.2) is 24.1 Å². The van der Waals surface area contributed by atoms with Crippen LogP contribution in [0.5, 0.6) is 0 Å². The van der Waals surface area contributed by atoms with Gasteiger partial charge in [-0.15, -0.1) is 0 Å². The van der Waals surface area contributed by atoms with Crippen molar-refractivity contribution >= 4 is 21.9 Å². The molecule has 0 saturated heterocycles. The fourth-order valence-electron chi connectivity index (χ4n) is 5.33. The molecule has 0 aliphatic heterocycles. The molecule has 0 unspecified atom stereocenters. The summed E-state index contributed by atoms with van der Waals surface area (Å²) in [7, 11) is -4.10. The molecule has 7 heteroatoms. The summed E-state index contributed by atoms with van der Waals surface area (Å²) >= 11 is 0. The van der Waals surface area contributed by atoms with Crippen molar-refractivity contribution in [2.45, 2.75) is 57.8 Å². The molecule has 2 aliphatic rings. The van der Waals surface area contributed by atoms with E-state index in [9.17, 15) is 18.0 Å². The first-order valence-electron chi connectivity index (χ1n) is 11.9. The van der Waals surface area contributed by atoms with Gasteiger partial charge in [-0.2, -0.15) is 8.42 Å². The average molecular weight is 477 g/mol. The number of nitrogens with one attached hydrogen (secondary N) is 1. The van der Waals surface area contributed by atoms with Gasteiger partial charge in [0.1, 0.15) is 0 Å². The van der Waals surface area contributed by atoms with Crippen molar-refractivity contribution in [3.63, 3.8) is 0 Å². The predicted molar refractivity (Wildman–Crippen MR) is 130 cm³/mol. The third-order valence-corrected chi connectivity index (χ3v) is 8.18. The largest absolute Gasteiger partial charge is 0.329 e. The number of fused-ring (bicyclic) bond motifs is 2. The summed E-state index contributed by atoms with van der Waals surface area (Å²) < 4.78 is 28.4. The highest BCUT2D eigenvalue weighted by Gasteiger charge is 2.24. The molecule has 1 aromatic heterocycles. The van der Waals surface area contributed by atoms with E-state index >= 15 is 0 Å². The van der Waals surface area contributed by atoms with Crippen LogP contribution in [0, 0.1) is 0 Å². The zero-order valence-corrected chi connectivity index (χ0v) is 19.9. The molecule has 0 atom stereocenters. The highest BCUT2D eigenvalue weighted by Crippen LogP contribution is 2.35. The van der Waals surface area contributed by atoms with E-state index in [1.807, 2.05) is 0 Å². The Morgan fingerprint density at radius 1 is 0.882 bits per heavy atom. The van der Waals surface area contributed by atoms with Crippen molar-refractivity contribution in [3.05, 3.63) is 93.8 Å². The number of aryl methyl sites for hydroxylation is 2. The third-order valence-electron chi connectivity index (χ3n) is 6.91. The van der Waals surface area contributed by atoms with Gasteiger partial charge in [0.05, 0.1) is 0 Å². The number of hydrogen-bond acceptors (Lipinski definition) is 4. The summed E-state index contributed by atoms with van der Waals surface area (Å²) in [5, 5.41) is 0. The van der Waals surface area contributed by atoms with E-state index < -0.39 is 16.1 Å². The monoisotopic (exact) mass is 476 g/mol. The molecule has 6 nitrogen and oxygen atoms in total. The first-order chi connectivity index (χ1) is 16.4. The van der Waals surface area contributed by atoms with Gasteiger partial charge >= 0.3 is 10.2 Å². The van der Waals surface area contributed by atoms with Gasteiger partial charge in [0.15, 0.2) is 5.78 Å². The minimum Gasteiger partial charge on any atom is -0.289 e. The van der Waals surface area contributed by atoms with Crippen molar-refractivity contribution in [1.82, 2.24) is 8.69 Å². The first kappa shape index (κ1) is 22.6. The van der Waals surface area contributed by atoms with Crippen LogP contribution in [0.15, 0.2) is 54.9 Å². The van der Waals surface area contributed by atoms with E-state index in [1.54, 1.807) is 30.3 Å². The molecule has 34 heavy (non-hydrogen) atoms. The van der Waals surface area contributed by atoms with Crippen LogP contribution in [0.4, 0.5) is 0 Å². The normalized spacial score (nSPS) is 14.6. The molecular weight excluding hydrogens is 448 g/mol. The third kappa shape index (κ3) is 4.44. The maximum atomic E-state index is 12.7. The van der Waals surface area contributed by atoms with Gasteiger partial charge < -0.3 is 0 Å². The van der Waals surface area contributed by atoms with Crippen LogP contribution >= 0.6 is 0 Å². The number of ketones is 1. The van der Waals surface area contributed by atoms with Crippen molar-refractivity contribution in [3.8, 4) is 0 Å². The van der Waals surface area contributed by atoms with Crippen molar-refractivity contribution in [2.75, 3.05) is 0 Å². The molecule has 5 rings (SSSR count). The molecule has 0 spiro atoms. The number of carbonyl (C=O) groups is 2. The van der Waals surface area contributed by atoms with Crippen LogP contribution in [0.2, 0.25) is 0 Å². The molecule has 3 aromatic rings. The zero-order valence-electron chi connectivity index (χ0n) is 19.0. The Kier molecular flexibility index (Phi) is 6.13. The highest BCUT2D eigenvalue weighted by atomic mass is 32.2. The number of amides is 1. The number of hydrogen-bond donors (Lipinski definition) is 1. The van der Waals surface area contributed by atoms with Crippen LogP contribution in [-0.2, 0) is 47.1 Å². The molecule has 0 fully saturated rings. The van der Waals surface area contributed by atoms with Crippen molar-refractivity contribution in [1.29, 1.82) is 0 Å². The minimum atomic E-state index is -4.10. The number of rotatable bonds is 8. The Morgan fingerprint density at radius 3 is 2.24 bits per heavy atom. The first-order valence-corrected chi connectivity index (χ1v) is 13.4. The summed E-state index contributed by atoms with van der Waals surface area (Å²) in [4.78, 5) is 25.0. The van der Waals surface area contributed by atoms with E-state index in [-0.39, 0.29) is 17.8 Å². The van der Waals surface area contributed by atoms with Gasteiger partial charge in [-0.05, 0) is 85.3 Å². The Labute approximate surface area is 200 Å². The molecule has 2 aromatic carbocycles. The number of carbonyl (C=O) groups excluding carboxylic acids is 2. The summed E-state index contributed by atoms with van der Waals surface area (Å²) in [6.07, 6.45) is 10.9. The highest BCUT2D eigenvalue weighted by molar-refractivity contribution is 7.88. The van der Waals surface area contributed by atoms with Gasteiger partial charge in [0.2, 0.25) is 5.91 Å². The second-order valence-electron chi connectivity index (χ2n) is 9.15.